The van der Waals surface area contributed by atoms with Gasteiger partial charge in [-0.05, 0) is 29.7 Å². The Labute approximate surface area is 189 Å². The van der Waals surface area contributed by atoms with Crippen LogP contribution in [0.5, 0.6) is 0 Å². The Morgan fingerprint density at radius 2 is 1.64 bits per heavy atom. The van der Waals surface area contributed by atoms with Crippen molar-refractivity contribution >= 4 is 17.0 Å². The highest BCUT2D eigenvalue weighted by molar-refractivity contribution is 5.96. The van der Waals surface area contributed by atoms with Crippen LogP contribution in [0.4, 0.5) is 0 Å². The van der Waals surface area contributed by atoms with Crippen molar-refractivity contribution in [2.24, 2.45) is 0 Å². The van der Waals surface area contributed by atoms with E-state index in [1.54, 1.807) is 18.2 Å². The van der Waals surface area contributed by atoms with E-state index in [9.17, 15) is 14.7 Å². The minimum atomic E-state index is -0.961. The van der Waals surface area contributed by atoms with Gasteiger partial charge in [0.25, 0.3) is 5.56 Å². The van der Waals surface area contributed by atoms with Crippen molar-refractivity contribution < 1.29 is 9.90 Å². The Morgan fingerprint density at radius 3 is 2.36 bits per heavy atom. The first-order valence-corrected chi connectivity index (χ1v) is 10.5. The number of aromatic amines is 1. The van der Waals surface area contributed by atoms with Crippen molar-refractivity contribution in [1.82, 2.24) is 19.7 Å². The molecule has 162 valence electrons. The number of carboxylic acids is 1. The number of fused-ring (bicyclic) bond motifs is 1. The van der Waals surface area contributed by atoms with Crippen LogP contribution in [0.25, 0.3) is 33.4 Å². The number of carbonyl (C=O) groups is 1. The average molecular weight is 436 g/mol. The van der Waals surface area contributed by atoms with E-state index < -0.39 is 5.97 Å². The molecule has 0 aliphatic heterocycles. The molecule has 0 radical (unpaired) electrons. The molecule has 0 bridgehead atoms. The zero-order valence-electron chi connectivity index (χ0n) is 17.8. The van der Waals surface area contributed by atoms with Crippen LogP contribution in [0, 0.1) is 6.92 Å². The van der Waals surface area contributed by atoms with Crippen molar-refractivity contribution in [2.45, 2.75) is 13.5 Å². The second kappa shape index (κ2) is 8.20. The molecule has 5 aromatic rings. The number of hydrogen-bond donors (Lipinski definition) is 2. The maximum absolute atomic E-state index is 12.7. The highest BCUT2D eigenvalue weighted by Gasteiger charge is 2.17. The lowest BCUT2D eigenvalue weighted by molar-refractivity contribution is 0.0697. The van der Waals surface area contributed by atoms with Gasteiger partial charge in [0.1, 0.15) is 22.6 Å². The number of aromatic carboxylic acids is 1. The molecule has 0 aliphatic rings. The molecule has 0 spiro atoms. The molecule has 0 saturated heterocycles. The fourth-order valence-electron chi connectivity index (χ4n) is 4.06. The minimum Gasteiger partial charge on any atom is -0.478 e. The topological polar surface area (TPSA) is 101 Å². The van der Waals surface area contributed by atoms with E-state index in [0.717, 1.165) is 16.7 Å². The molecule has 0 atom stereocenters. The molecular weight excluding hydrogens is 416 g/mol. The number of rotatable bonds is 5. The Hall–Kier alpha value is -4.52. The summed E-state index contributed by atoms with van der Waals surface area (Å²) in [5.74, 6) is -0.252. The smallest absolute Gasteiger partial charge is 0.336 e. The lowest BCUT2D eigenvalue weighted by Gasteiger charge is -2.10. The molecular formula is C26H20N4O3. The summed E-state index contributed by atoms with van der Waals surface area (Å²) in [7, 11) is 0. The molecule has 0 saturated carbocycles. The standard InChI is InChI=1S/C26H20N4O3/c1-16-27-23-22(19-7-3-2-4-8-19)28-29-25(31)24(23)30(16)15-17-11-13-18(14-12-17)20-9-5-6-10-21(20)26(32)33/h2-14H,15H2,1H3,(H,29,31)(H,32,33). The fraction of sp³-hybridized carbons (Fsp3) is 0.0769. The predicted molar refractivity (Wildman–Crippen MR) is 126 cm³/mol. The Kier molecular flexibility index (Phi) is 5.06. The summed E-state index contributed by atoms with van der Waals surface area (Å²) >= 11 is 0. The molecule has 2 heterocycles. The Bertz CT molecular complexity index is 1530. The van der Waals surface area contributed by atoms with Gasteiger partial charge in [0, 0.05) is 12.1 Å². The minimum absolute atomic E-state index is 0.258. The fourth-order valence-corrected chi connectivity index (χ4v) is 4.06. The van der Waals surface area contributed by atoms with E-state index in [4.69, 9.17) is 0 Å². The number of nitrogens with zero attached hydrogens (tertiary/aromatic N) is 3. The molecule has 7 heteroatoms. The lowest BCUT2D eigenvalue weighted by atomic mass is 9.99. The predicted octanol–water partition coefficient (Wildman–Crippen LogP) is 4.51. The summed E-state index contributed by atoms with van der Waals surface area (Å²) in [6.07, 6.45) is 0. The number of hydrogen-bond acceptors (Lipinski definition) is 4. The molecule has 2 aromatic heterocycles. The van der Waals surface area contributed by atoms with Gasteiger partial charge in [-0.15, -0.1) is 0 Å². The van der Waals surface area contributed by atoms with E-state index in [-0.39, 0.29) is 11.1 Å². The number of nitrogens with one attached hydrogen (secondary N) is 1. The maximum atomic E-state index is 12.7. The SMILES string of the molecule is Cc1nc2c(-c3ccccc3)n[nH]c(=O)c2n1Cc1ccc(-c2ccccc2C(=O)O)cc1. The molecule has 5 rings (SSSR count). The van der Waals surface area contributed by atoms with Gasteiger partial charge in [-0.3, -0.25) is 4.79 Å². The molecule has 2 N–H and O–H groups in total. The van der Waals surface area contributed by atoms with Gasteiger partial charge in [0.05, 0.1) is 5.56 Å². The average Bonchev–Trinajstić information content (AvgIpc) is 3.17. The second-order valence-electron chi connectivity index (χ2n) is 7.76. The maximum Gasteiger partial charge on any atom is 0.336 e. The van der Waals surface area contributed by atoms with Crippen molar-refractivity contribution in [3.05, 3.63) is 106 Å². The molecule has 33 heavy (non-hydrogen) atoms. The number of H-pyrrole nitrogens is 1. The van der Waals surface area contributed by atoms with Crippen molar-refractivity contribution in [1.29, 1.82) is 0 Å². The number of imidazole rings is 1. The molecule has 0 amide bonds. The van der Waals surface area contributed by atoms with Crippen LogP contribution in [-0.2, 0) is 6.54 Å². The first-order chi connectivity index (χ1) is 16.0. The van der Waals surface area contributed by atoms with E-state index in [0.29, 0.717) is 34.7 Å². The van der Waals surface area contributed by atoms with E-state index in [1.807, 2.05) is 72.2 Å². The summed E-state index contributed by atoms with van der Waals surface area (Å²) in [4.78, 5) is 28.9. The van der Waals surface area contributed by atoms with Crippen LogP contribution in [0.1, 0.15) is 21.7 Å². The van der Waals surface area contributed by atoms with Crippen LogP contribution in [0.3, 0.4) is 0 Å². The van der Waals surface area contributed by atoms with E-state index in [1.165, 1.54) is 0 Å². The highest BCUT2D eigenvalue weighted by atomic mass is 16.4. The van der Waals surface area contributed by atoms with Gasteiger partial charge in [-0.2, -0.15) is 5.10 Å². The van der Waals surface area contributed by atoms with Crippen molar-refractivity contribution in [2.75, 3.05) is 0 Å². The molecule has 7 nitrogen and oxygen atoms in total. The zero-order valence-corrected chi connectivity index (χ0v) is 17.8. The first kappa shape index (κ1) is 20.4. The van der Waals surface area contributed by atoms with Gasteiger partial charge < -0.3 is 9.67 Å². The lowest BCUT2D eigenvalue weighted by Crippen LogP contribution is -2.14. The van der Waals surface area contributed by atoms with E-state index >= 15 is 0 Å². The third-order valence-corrected chi connectivity index (χ3v) is 5.68. The van der Waals surface area contributed by atoms with Crippen molar-refractivity contribution in [3.8, 4) is 22.4 Å². The monoisotopic (exact) mass is 436 g/mol. The highest BCUT2D eigenvalue weighted by Crippen LogP contribution is 2.27. The first-order valence-electron chi connectivity index (χ1n) is 10.5. The quantitative estimate of drug-likeness (QED) is 0.422. The van der Waals surface area contributed by atoms with Gasteiger partial charge in [-0.1, -0.05) is 72.8 Å². The van der Waals surface area contributed by atoms with Gasteiger partial charge in [0.2, 0.25) is 0 Å². The third kappa shape index (κ3) is 3.70. The zero-order chi connectivity index (χ0) is 22.9. The van der Waals surface area contributed by atoms with Crippen LogP contribution in [-0.4, -0.2) is 30.8 Å². The summed E-state index contributed by atoms with van der Waals surface area (Å²) in [5.41, 5.74) is 4.96. The van der Waals surface area contributed by atoms with Gasteiger partial charge >= 0.3 is 5.97 Å². The van der Waals surface area contributed by atoms with Crippen LogP contribution >= 0.6 is 0 Å². The molecule has 0 unspecified atom stereocenters. The Balaban J connectivity index is 1.54. The second-order valence-corrected chi connectivity index (χ2v) is 7.76. The largest absolute Gasteiger partial charge is 0.478 e. The van der Waals surface area contributed by atoms with Gasteiger partial charge in [-0.25, -0.2) is 14.9 Å². The number of aromatic nitrogens is 4. The summed E-state index contributed by atoms with van der Waals surface area (Å²) in [5, 5.41) is 16.3. The van der Waals surface area contributed by atoms with Crippen LogP contribution in [0.15, 0.2) is 83.7 Å². The number of benzene rings is 3. The number of aryl methyl sites for hydroxylation is 1. The Morgan fingerprint density at radius 1 is 0.939 bits per heavy atom. The molecule has 0 aliphatic carbocycles. The van der Waals surface area contributed by atoms with Crippen LogP contribution < -0.4 is 5.56 Å². The van der Waals surface area contributed by atoms with Crippen LogP contribution in [0.2, 0.25) is 0 Å². The number of carboxylic acid groups (broad SMARTS) is 1. The normalized spacial score (nSPS) is 11.1. The third-order valence-electron chi connectivity index (χ3n) is 5.68. The molecule has 0 fully saturated rings. The summed E-state index contributed by atoms with van der Waals surface area (Å²) in [6.45, 7) is 2.32. The molecule has 3 aromatic carbocycles. The summed E-state index contributed by atoms with van der Waals surface area (Å²) < 4.78 is 1.88. The van der Waals surface area contributed by atoms with Crippen molar-refractivity contribution in [3.63, 3.8) is 0 Å². The van der Waals surface area contributed by atoms with E-state index in [2.05, 4.69) is 15.2 Å². The van der Waals surface area contributed by atoms with Gasteiger partial charge in [0.15, 0.2) is 0 Å². The summed E-state index contributed by atoms with van der Waals surface area (Å²) in [6, 6.07) is 24.2.